The third kappa shape index (κ3) is 2.71. The van der Waals surface area contributed by atoms with E-state index in [9.17, 15) is 4.79 Å². The van der Waals surface area contributed by atoms with Crippen LogP contribution in [0.2, 0.25) is 0 Å². The van der Waals surface area contributed by atoms with Crippen molar-refractivity contribution in [2.45, 2.75) is 32.2 Å². The van der Waals surface area contributed by atoms with E-state index in [0.717, 1.165) is 39.1 Å². The molecule has 0 aliphatic carbocycles. The van der Waals surface area contributed by atoms with Crippen molar-refractivity contribution in [2.24, 2.45) is 5.41 Å². The summed E-state index contributed by atoms with van der Waals surface area (Å²) in [4.78, 5) is 27.0. The number of rotatable bonds is 3. The summed E-state index contributed by atoms with van der Waals surface area (Å²) in [5.41, 5.74) is 7.25. The van der Waals surface area contributed by atoms with Crippen LogP contribution in [0.25, 0.3) is 11.2 Å². The van der Waals surface area contributed by atoms with Crippen molar-refractivity contribution in [2.75, 3.05) is 32.0 Å². The molecule has 0 saturated carbocycles. The van der Waals surface area contributed by atoms with Gasteiger partial charge >= 0.3 is 0 Å². The molecule has 1 amide bonds. The number of likely N-dealkylation sites (tertiary alicyclic amines) is 1. The zero-order chi connectivity index (χ0) is 16.6. The van der Waals surface area contributed by atoms with E-state index in [0.29, 0.717) is 29.9 Å². The Hall–Kier alpha value is -2.22. The van der Waals surface area contributed by atoms with Gasteiger partial charge in [-0.05, 0) is 19.3 Å². The fourth-order valence-corrected chi connectivity index (χ4v) is 3.83. The van der Waals surface area contributed by atoms with Gasteiger partial charge in [0, 0.05) is 38.1 Å². The van der Waals surface area contributed by atoms with Crippen LogP contribution in [-0.4, -0.2) is 56.6 Å². The SMILES string of the molecule is Nc1ncnc2c1ncn2CCC(=O)N1CCC[C@@]2(CCOC2)C1. The number of hydrogen-bond donors (Lipinski definition) is 1. The molecule has 4 heterocycles. The molecule has 8 heteroatoms. The number of piperidine rings is 1. The predicted octanol–water partition coefficient (Wildman–Crippen LogP) is 0.828. The smallest absolute Gasteiger partial charge is 0.224 e. The van der Waals surface area contributed by atoms with E-state index in [4.69, 9.17) is 10.5 Å². The van der Waals surface area contributed by atoms with Gasteiger partial charge < -0.3 is 19.9 Å². The van der Waals surface area contributed by atoms with Crippen molar-refractivity contribution in [1.82, 2.24) is 24.4 Å². The number of imidazole rings is 1. The number of nitrogens with two attached hydrogens (primary N) is 1. The maximum absolute atomic E-state index is 12.6. The predicted molar refractivity (Wildman–Crippen MR) is 88.0 cm³/mol. The maximum atomic E-state index is 12.6. The first-order valence-electron chi connectivity index (χ1n) is 8.44. The van der Waals surface area contributed by atoms with Crippen molar-refractivity contribution in [1.29, 1.82) is 0 Å². The standard InChI is InChI=1S/C16H22N6O2/c17-14-13-15(19-10-18-14)22(11-20-13)6-2-12(23)21-5-1-3-16(8-21)4-7-24-9-16/h10-11H,1-9H2,(H2,17,18,19)/t16-/m1/s1. The zero-order valence-corrected chi connectivity index (χ0v) is 13.6. The summed E-state index contributed by atoms with van der Waals surface area (Å²) in [6.45, 7) is 3.83. The molecule has 2 N–H and O–H groups in total. The van der Waals surface area contributed by atoms with Crippen LogP contribution in [0.5, 0.6) is 0 Å². The first-order chi connectivity index (χ1) is 11.7. The highest BCUT2D eigenvalue weighted by Crippen LogP contribution is 2.37. The highest BCUT2D eigenvalue weighted by molar-refractivity contribution is 5.81. The number of ether oxygens (including phenoxy) is 1. The van der Waals surface area contributed by atoms with E-state index in [1.165, 1.54) is 12.7 Å². The van der Waals surface area contributed by atoms with Gasteiger partial charge in [-0.1, -0.05) is 0 Å². The third-order valence-corrected chi connectivity index (χ3v) is 5.20. The summed E-state index contributed by atoms with van der Waals surface area (Å²) < 4.78 is 7.43. The van der Waals surface area contributed by atoms with Gasteiger partial charge in [-0.25, -0.2) is 15.0 Å². The van der Waals surface area contributed by atoms with E-state index >= 15 is 0 Å². The monoisotopic (exact) mass is 330 g/mol. The molecule has 8 nitrogen and oxygen atoms in total. The van der Waals surface area contributed by atoms with Crippen molar-refractivity contribution in [3.05, 3.63) is 12.7 Å². The number of aromatic nitrogens is 4. The minimum atomic E-state index is 0.185. The Labute approximate surface area is 140 Å². The summed E-state index contributed by atoms with van der Waals surface area (Å²) in [7, 11) is 0. The lowest BCUT2D eigenvalue weighted by molar-refractivity contribution is -0.135. The minimum Gasteiger partial charge on any atom is -0.382 e. The Bertz CT molecular complexity index is 752. The lowest BCUT2D eigenvalue weighted by Crippen LogP contribution is -2.46. The topological polar surface area (TPSA) is 99.2 Å². The van der Waals surface area contributed by atoms with Crippen LogP contribution in [-0.2, 0) is 16.1 Å². The van der Waals surface area contributed by atoms with E-state index in [1.807, 2.05) is 9.47 Å². The Morgan fingerprint density at radius 1 is 1.33 bits per heavy atom. The van der Waals surface area contributed by atoms with E-state index in [2.05, 4.69) is 15.0 Å². The van der Waals surface area contributed by atoms with Crippen LogP contribution in [0.1, 0.15) is 25.7 Å². The Balaban J connectivity index is 1.41. The number of hydrogen-bond acceptors (Lipinski definition) is 6. The van der Waals surface area contributed by atoms with Crippen LogP contribution < -0.4 is 5.73 Å². The lowest BCUT2D eigenvalue weighted by Gasteiger charge is -2.39. The second-order valence-corrected chi connectivity index (χ2v) is 6.84. The van der Waals surface area contributed by atoms with Crippen molar-refractivity contribution in [3.8, 4) is 0 Å². The number of carbonyl (C=O) groups is 1. The molecular weight excluding hydrogens is 308 g/mol. The third-order valence-electron chi connectivity index (χ3n) is 5.20. The summed E-state index contributed by atoms with van der Waals surface area (Å²) >= 11 is 0. The van der Waals surface area contributed by atoms with Gasteiger partial charge in [-0.2, -0.15) is 0 Å². The van der Waals surface area contributed by atoms with E-state index in [1.54, 1.807) is 6.33 Å². The van der Waals surface area contributed by atoms with Crippen LogP contribution in [0.15, 0.2) is 12.7 Å². The van der Waals surface area contributed by atoms with Crippen molar-refractivity contribution < 1.29 is 9.53 Å². The molecule has 0 radical (unpaired) electrons. The summed E-state index contributed by atoms with van der Waals surface area (Å²) in [6, 6.07) is 0. The summed E-state index contributed by atoms with van der Waals surface area (Å²) in [5, 5.41) is 0. The second kappa shape index (κ2) is 6.01. The van der Waals surface area contributed by atoms with Gasteiger partial charge in [0.2, 0.25) is 5.91 Å². The summed E-state index contributed by atoms with van der Waals surface area (Å²) in [6.07, 6.45) is 6.83. The molecule has 0 aromatic carbocycles. The molecule has 128 valence electrons. The molecule has 2 fully saturated rings. The molecule has 1 spiro atoms. The number of nitrogen functional groups attached to an aromatic ring is 1. The molecule has 2 aromatic heterocycles. The van der Waals surface area contributed by atoms with Gasteiger partial charge in [-0.3, -0.25) is 4.79 Å². The molecule has 2 aliphatic heterocycles. The highest BCUT2D eigenvalue weighted by Gasteiger charge is 2.40. The molecule has 2 aromatic rings. The van der Waals surface area contributed by atoms with Gasteiger partial charge in [0.05, 0.1) is 12.9 Å². The van der Waals surface area contributed by atoms with Crippen LogP contribution in [0.3, 0.4) is 0 Å². The number of anilines is 1. The fraction of sp³-hybridized carbons (Fsp3) is 0.625. The number of nitrogens with zero attached hydrogens (tertiary/aromatic N) is 5. The maximum Gasteiger partial charge on any atom is 0.224 e. The van der Waals surface area contributed by atoms with Crippen LogP contribution in [0, 0.1) is 5.41 Å². The molecule has 2 saturated heterocycles. The fourth-order valence-electron chi connectivity index (χ4n) is 3.83. The zero-order valence-electron chi connectivity index (χ0n) is 13.6. The van der Waals surface area contributed by atoms with Gasteiger partial charge in [0.25, 0.3) is 0 Å². The normalized spacial score (nSPS) is 24.1. The molecule has 2 aliphatic rings. The van der Waals surface area contributed by atoms with Gasteiger partial charge in [0.15, 0.2) is 11.5 Å². The first-order valence-corrected chi connectivity index (χ1v) is 8.44. The highest BCUT2D eigenvalue weighted by atomic mass is 16.5. The van der Waals surface area contributed by atoms with Crippen LogP contribution in [0.4, 0.5) is 5.82 Å². The molecule has 0 unspecified atom stereocenters. The molecular formula is C16H22N6O2. The Morgan fingerprint density at radius 2 is 2.25 bits per heavy atom. The van der Waals surface area contributed by atoms with E-state index in [-0.39, 0.29) is 11.3 Å². The minimum absolute atomic E-state index is 0.185. The Morgan fingerprint density at radius 3 is 3.08 bits per heavy atom. The summed E-state index contributed by atoms with van der Waals surface area (Å²) in [5.74, 6) is 0.550. The average molecular weight is 330 g/mol. The number of aryl methyl sites for hydroxylation is 1. The second-order valence-electron chi connectivity index (χ2n) is 6.84. The quantitative estimate of drug-likeness (QED) is 0.895. The van der Waals surface area contributed by atoms with Gasteiger partial charge in [-0.15, -0.1) is 0 Å². The Kier molecular flexibility index (Phi) is 3.84. The molecule has 4 rings (SSSR count). The largest absolute Gasteiger partial charge is 0.382 e. The number of fused-ring (bicyclic) bond motifs is 1. The molecule has 24 heavy (non-hydrogen) atoms. The number of carbonyl (C=O) groups excluding carboxylic acids is 1. The van der Waals surface area contributed by atoms with Crippen molar-refractivity contribution in [3.63, 3.8) is 0 Å². The number of amides is 1. The average Bonchev–Trinajstić information content (AvgIpc) is 3.21. The molecule has 0 bridgehead atoms. The van der Waals surface area contributed by atoms with Gasteiger partial charge in [0.1, 0.15) is 11.8 Å². The lowest BCUT2D eigenvalue weighted by atomic mass is 9.79. The molecule has 1 atom stereocenters. The van der Waals surface area contributed by atoms with Crippen LogP contribution >= 0.6 is 0 Å². The van der Waals surface area contributed by atoms with Crippen molar-refractivity contribution >= 4 is 22.9 Å². The van der Waals surface area contributed by atoms with E-state index < -0.39 is 0 Å². The first kappa shape index (κ1) is 15.3.